The molecule has 0 saturated carbocycles. The molecular weight excluding hydrogens is 516 g/mol. The number of hydrogen-bond donors (Lipinski definition) is 2. The number of carbonyl (C=O) groups is 2. The summed E-state index contributed by atoms with van der Waals surface area (Å²) >= 11 is 0. The van der Waals surface area contributed by atoms with E-state index < -0.39 is 0 Å². The lowest BCUT2D eigenvalue weighted by Gasteiger charge is -2.36. The van der Waals surface area contributed by atoms with Crippen LogP contribution in [0.25, 0.3) is 16.9 Å². The lowest BCUT2D eigenvalue weighted by atomic mass is 10.1. The van der Waals surface area contributed by atoms with Crippen molar-refractivity contribution in [3.63, 3.8) is 0 Å². The summed E-state index contributed by atoms with van der Waals surface area (Å²) in [6, 6.07) is 19.5. The molecule has 41 heavy (non-hydrogen) atoms. The van der Waals surface area contributed by atoms with Gasteiger partial charge in [0.1, 0.15) is 0 Å². The average Bonchev–Trinajstić information content (AvgIpc) is 3.64. The van der Waals surface area contributed by atoms with Crippen LogP contribution >= 0.6 is 0 Å². The quantitative estimate of drug-likeness (QED) is 0.293. The van der Waals surface area contributed by atoms with E-state index in [1.807, 2.05) is 42.5 Å². The van der Waals surface area contributed by atoms with E-state index in [-0.39, 0.29) is 23.7 Å². The maximum Gasteiger partial charge on any atom is 0.327 e. The summed E-state index contributed by atoms with van der Waals surface area (Å²) in [6.45, 7) is 6.47. The van der Waals surface area contributed by atoms with Crippen LogP contribution in [-0.4, -0.2) is 57.6 Å². The highest BCUT2D eigenvalue weighted by molar-refractivity contribution is 6.05. The lowest BCUT2D eigenvalue weighted by molar-refractivity contribution is 0.0948. The molecular formula is C31H34N8O2. The molecule has 6 rings (SSSR count). The number of urea groups is 1. The maximum absolute atomic E-state index is 13.8. The van der Waals surface area contributed by atoms with E-state index in [2.05, 4.69) is 57.9 Å². The SMILES string of the molecule is CCCCCNC(=O)c1cn(-c2cccc(NC(=O)N3c4nc(-c5cccc(C)c5)ccc4N4CC[C@H]3C4)c2)nn1. The number of amides is 3. The second kappa shape index (κ2) is 11.4. The van der Waals surface area contributed by atoms with Gasteiger partial charge in [-0.1, -0.05) is 54.8 Å². The van der Waals surface area contributed by atoms with Crippen molar-refractivity contribution in [3.8, 4) is 16.9 Å². The Morgan fingerprint density at radius 2 is 1.93 bits per heavy atom. The van der Waals surface area contributed by atoms with Crippen LogP contribution in [0.2, 0.25) is 0 Å². The van der Waals surface area contributed by atoms with Gasteiger partial charge in [0.2, 0.25) is 0 Å². The third kappa shape index (κ3) is 5.50. The van der Waals surface area contributed by atoms with Crippen molar-refractivity contribution >= 4 is 29.1 Å². The number of benzene rings is 2. The molecule has 10 heteroatoms. The zero-order valence-electron chi connectivity index (χ0n) is 23.4. The average molecular weight is 551 g/mol. The molecule has 0 unspecified atom stereocenters. The van der Waals surface area contributed by atoms with Crippen molar-refractivity contribution in [2.75, 3.05) is 34.8 Å². The van der Waals surface area contributed by atoms with Gasteiger partial charge in [-0.3, -0.25) is 9.69 Å². The van der Waals surface area contributed by atoms with E-state index in [0.717, 1.165) is 61.3 Å². The summed E-state index contributed by atoms with van der Waals surface area (Å²) in [6.07, 6.45) is 5.57. The van der Waals surface area contributed by atoms with Gasteiger partial charge in [-0.25, -0.2) is 14.5 Å². The second-order valence-electron chi connectivity index (χ2n) is 10.7. The first-order valence-electron chi connectivity index (χ1n) is 14.2. The molecule has 3 amide bonds. The Labute approximate surface area is 239 Å². The molecule has 2 aliphatic heterocycles. The second-order valence-corrected chi connectivity index (χ2v) is 10.7. The Morgan fingerprint density at radius 3 is 2.78 bits per heavy atom. The van der Waals surface area contributed by atoms with Gasteiger partial charge in [-0.2, -0.15) is 0 Å². The molecule has 1 saturated heterocycles. The number of carbonyl (C=O) groups excluding carboxylic acids is 2. The molecule has 0 spiro atoms. The first-order chi connectivity index (χ1) is 20.0. The molecule has 0 aliphatic carbocycles. The van der Waals surface area contributed by atoms with Gasteiger partial charge in [-0.15, -0.1) is 5.10 Å². The number of nitrogens with one attached hydrogen (secondary N) is 2. The third-order valence-corrected chi connectivity index (χ3v) is 7.64. The minimum Gasteiger partial charge on any atom is -0.366 e. The van der Waals surface area contributed by atoms with Crippen molar-refractivity contribution in [2.24, 2.45) is 0 Å². The van der Waals surface area contributed by atoms with E-state index >= 15 is 0 Å². The van der Waals surface area contributed by atoms with E-state index in [1.165, 1.54) is 4.68 Å². The van der Waals surface area contributed by atoms with Crippen LogP contribution in [0, 0.1) is 6.92 Å². The van der Waals surface area contributed by atoms with Gasteiger partial charge in [0, 0.05) is 30.9 Å². The van der Waals surface area contributed by atoms with Crippen LogP contribution in [0.3, 0.4) is 0 Å². The van der Waals surface area contributed by atoms with E-state index in [4.69, 9.17) is 4.98 Å². The molecule has 0 radical (unpaired) electrons. The summed E-state index contributed by atoms with van der Waals surface area (Å²) in [5.74, 6) is 0.431. The maximum atomic E-state index is 13.8. The normalized spacial score (nSPS) is 15.5. The van der Waals surface area contributed by atoms with Crippen molar-refractivity contribution in [2.45, 2.75) is 45.6 Å². The first-order valence-corrected chi connectivity index (χ1v) is 14.2. The number of fused-ring (bicyclic) bond motifs is 4. The number of hydrogen-bond acceptors (Lipinski definition) is 6. The Kier molecular flexibility index (Phi) is 7.37. The van der Waals surface area contributed by atoms with Crippen LogP contribution in [0.1, 0.15) is 48.7 Å². The largest absolute Gasteiger partial charge is 0.366 e. The van der Waals surface area contributed by atoms with Crippen molar-refractivity contribution < 1.29 is 9.59 Å². The van der Waals surface area contributed by atoms with Gasteiger partial charge in [0.15, 0.2) is 11.5 Å². The Hall–Kier alpha value is -4.73. The summed E-state index contributed by atoms with van der Waals surface area (Å²) in [5, 5.41) is 14.1. The van der Waals surface area contributed by atoms with E-state index in [9.17, 15) is 9.59 Å². The number of aromatic nitrogens is 4. The molecule has 4 aromatic rings. The molecule has 4 heterocycles. The highest BCUT2D eigenvalue weighted by Crippen LogP contribution is 2.40. The molecule has 2 N–H and O–H groups in total. The van der Waals surface area contributed by atoms with Crippen molar-refractivity contribution in [1.29, 1.82) is 0 Å². The molecule has 10 nitrogen and oxygen atoms in total. The smallest absolute Gasteiger partial charge is 0.327 e. The van der Waals surface area contributed by atoms with Crippen LogP contribution in [0.5, 0.6) is 0 Å². The molecule has 2 aliphatic rings. The minimum atomic E-state index is -0.247. The number of aryl methyl sites for hydroxylation is 1. The number of unbranched alkanes of at least 4 members (excludes halogenated alkanes) is 2. The van der Waals surface area contributed by atoms with Crippen LogP contribution in [0.4, 0.5) is 22.0 Å². The zero-order chi connectivity index (χ0) is 28.3. The molecule has 2 aromatic carbocycles. The number of rotatable bonds is 8. The fourth-order valence-electron chi connectivity index (χ4n) is 5.51. The molecule has 2 aromatic heterocycles. The predicted molar refractivity (Wildman–Crippen MR) is 160 cm³/mol. The molecule has 1 fully saturated rings. The van der Waals surface area contributed by atoms with Crippen molar-refractivity contribution in [1.82, 2.24) is 25.3 Å². The van der Waals surface area contributed by atoms with Gasteiger partial charge >= 0.3 is 6.03 Å². The Bertz CT molecular complexity index is 1580. The third-order valence-electron chi connectivity index (χ3n) is 7.64. The highest BCUT2D eigenvalue weighted by atomic mass is 16.2. The summed E-state index contributed by atoms with van der Waals surface area (Å²) in [5.41, 5.74) is 5.55. The first kappa shape index (κ1) is 26.5. The van der Waals surface area contributed by atoms with Crippen LogP contribution < -0.4 is 20.4 Å². The zero-order valence-corrected chi connectivity index (χ0v) is 23.4. The van der Waals surface area contributed by atoms with Crippen LogP contribution in [-0.2, 0) is 0 Å². The molecule has 2 bridgehead atoms. The lowest BCUT2D eigenvalue weighted by Crippen LogP contribution is -2.48. The van der Waals surface area contributed by atoms with Gasteiger partial charge in [0.25, 0.3) is 5.91 Å². The van der Waals surface area contributed by atoms with Crippen molar-refractivity contribution in [3.05, 3.63) is 78.1 Å². The monoisotopic (exact) mass is 550 g/mol. The Morgan fingerprint density at radius 1 is 1.05 bits per heavy atom. The number of anilines is 3. The minimum absolute atomic E-state index is 0.0413. The molecule has 210 valence electrons. The summed E-state index contributed by atoms with van der Waals surface area (Å²) in [7, 11) is 0. The standard InChI is InChI=1S/C31H34N8O2/c1-3-4-5-15-32-30(40)27-20-38(36-35-27)24-11-7-10-23(18-24)33-31(41)39-25-14-16-37(19-25)28-13-12-26(34-29(28)39)22-9-6-8-21(2)17-22/h6-13,17-18,20,25H,3-5,14-16,19H2,1-2H3,(H,32,40)(H,33,41)/t25-/m0/s1. The topological polar surface area (TPSA) is 108 Å². The summed E-state index contributed by atoms with van der Waals surface area (Å²) in [4.78, 5) is 35.3. The van der Waals surface area contributed by atoms with Gasteiger partial charge < -0.3 is 15.5 Å². The van der Waals surface area contributed by atoms with E-state index in [0.29, 0.717) is 23.7 Å². The summed E-state index contributed by atoms with van der Waals surface area (Å²) < 4.78 is 1.54. The van der Waals surface area contributed by atoms with Gasteiger partial charge in [-0.05, 0) is 56.2 Å². The highest BCUT2D eigenvalue weighted by Gasteiger charge is 2.40. The number of nitrogens with zero attached hydrogens (tertiary/aromatic N) is 6. The number of pyridine rings is 1. The van der Waals surface area contributed by atoms with E-state index in [1.54, 1.807) is 11.1 Å². The Balaban J connectivity index is 1.21. The van der Waals surface area contributed by atoms with Gasteiger partial charge in [0.05, 0.1) is 29.3 Å². The predicted octanol–water partition coefficient (Wildman–Crippen LogP) is 5.19. The fraction of sp³-hybridized carbons (Fsp3) is 0.323. The fourth-order valence-corrected chi connectivity index (χ4v) is 5.51. The molecule has 1 atom stereocenters. The van der Waals surface area contributed by atoms with Crippen LogP contribution in [0.15, 0.2) is 66.9 Å².